The molecule has 9 heteroatoms. The zero-order valence-corrected chi connectivity index (χ0v) is 29.7. The van der Waals surface area contributed by atoms with Gasteiger partial charge in [-0.25, -0.2) is 9.59 Å². The van der Waals surface area contributed by atoms with Gasteiger partial charge < -0.3 is 20.5 Å². The summed E-state index contributed by atoms with van der Waals surface area (Å²) in [7, 11) is 0. The van der Waals surface area contributed by atoms with E-state index in [1.807, 2.05) is 103 Å². The second-order valence-electron chi connectivity index (χ2n) is 14.0. The first-order valence-electron chi connectivity index (χ1n) is 17.6. The number of carboxylic acid groups (broad SMARTS) is 1. The number of likely N-dealkylation sites (tertiary alicyclic amines) is 1. The SMILES string of the molecule is CC(C)(C)OC(=O)N[C@H](c1ccc2ccccc2c1)[C@H](N=C(c1ccccc1)c1ccccc1NC(=O)[C@@H]1CCCN1Cc1ccccc1)C(=O)O. The summed E-state index contributed by atoms with van der Waals surface area (Å²) in [4.78, 5) is 47.6. The van der Waals surface area contributed by atoms with Crippen molar-refractivity contribution in [1.82, 2.24) is 10.2 Å². The summed E-state index contributed by atoms with van der Waals surface area (Å²) < 4.78 is 5.60. The number of carbonyl (C=O) groups excluding carboxylic acids is 2. The molecule has 0 unspecified atom stereocenters. The van der Waals surface area contributed by atoms with Gasteiger partial charge in [-0.3, -0.25) is 14.7 Å². The number of carboxylic acids is 1. The fraction of sp³-hybridized carbons (Fsp3) is 0.256. The van der Waals surface area contributed by atoms with Gasteiger partial charge in [0.15, 0.2) is 6.04 Å². The van der Waals surface area contributed by atoms with Crippen molar-refractivity contribution in [2.45, 2.75) is 63.9 Å². The highest BCUT2D eigenvalue weighted by Gasteiger charge is 2.34. The van der Waals surface area contributed by atoms with Crippen molar-refractivity contribution < 1.29 is 24.2 Å². The van der Waals surface area contributed by atoms with Gasteiger partial charge in [0.2, 0.25) is 5.91 Å². The van der Waals surface area contributed by atoms with Crippen LogP contribution in [0.3, 0.4) is 0 Å². The third-order valence-corrected chi connectivity index (χ3v) is 9.02. The van der Waals surface area contributed by atoms with E-state index in [0.717, 1.165) is 35.7 Å². The van der Waals surface area contributed by atoms with Crippen LogP contribution in [-0.2, 0) is 20.9 Å². The van der Waals surface area contributed by atoms with Crippen LogP contribution in [0.5, 0.6) is 0 Å². The van der Waals surface area contributed by atoms with Crippen molar-refractivity contribution in [3.05, 3.63) is 150 Å². The van der Waals surface area contributed by atoms with E-state index >= 15 is 0 Å². The number of nitrogens with one attached hydrogen (secondary N) is 2. The molecule has 0 spiro atoms. The molecule has 5 aromatic carbocycles. The Morgan fingerprint density at radius 3 is 2.21 bits per heavy atom. The summed E-state index contributed by atoms with van der Waals surface area (Å²) in [5.41, 5.74) is 2.94. The van der Waals surface area contributed by atoms with Gasteiger partial charge in [-0.15, -0.1) is 0 Å². The Kier molecular flexibility index (Phi) is 11.1. The number of aliphatic imine (C=N–C) groups is 1. The van der Waals surface area contributed by atoms with E-state index in [2.05, 4.69) is 27.7 Å². The number of ether oxygens (including phenoxy) is 1. The summed E-state index contributed by atoms with van der Waals surface area (Å²) >= 11 is 0. The molecule has 3 atom stereocenters. The second kappa shape index (κ2) is 16.0. The van der Waals surface area contributed by atoms with E-state index in [1.165, 1.54) is 0 Å². The Morgan fingerprint density at radius 1 is 0.846 bits per heavy atom. The zero-order valence-electron chi connectivity index (χ0n) is 29.7. The normalized spacial score (nSPS) is 16.2. The standard InChI is InChI=1S/C43H44N4O5/c1-43(2,3)52-42(51)46-38(33-25-24-30-17-10-11-20-32(30)27-33)39(41(49)50)45-37(31-18-8-5-9-19-31)34-21-12-13-22-35(34)44-40(48)36-23-14-26-47(36)28-29-15-6-4-7-16-29/h4-13,15-22,24-25,27,36,38-39H,14,23,26,28H2,1-3H3,(H,44,48)(H,46,51)(H,49,50)/t36-,38+,39-/m0/s1. The highest BCUT2D eigenvalue weighted by atomic mass is 16.6. The Bertz CT molecular complexity index is 2060. The van der Waals surface area contributed by atoms with Gasteiger partial charge in [0.25, 0.3) is 0 Å². The molecule has 0 aromatic heterocycles. The number of amides is 2. The first-order valence-corrected chi connectivity index (χ1v) is 17.6. The fourth-order valence-corrected chi connectivity index (χ4v) is 6.63. The molecule has 266 valence electrons. The summed E-state index contributed by atoms with van der Waals surface area (Å²) in [6.45, 7) is 6.71. The average Bonchev–Trinajstić information content (AvgIpc) is 3.60. The number of hydrogen-bond acceptors (Lipinski definition) is 6. The predicted molar refractivity (Wildman–Crippen MR) is 205 cm³/mol. The van der Waals surface area contributed by atoms with E-state index in [4.69, 9.17) is 9.73 Å². The van der Waals surface area contributed by atoms with Crippen LogP contribution in [0.4, 0.5) is 10.5 Å². The van der Waals surface area contributed by atoms with Gasteiger partial charge in [-0.1, -0.05) is 115 Å². The Labute approximate surface area is 304 Å². The largest absolute Gasteiger partial charge is 0.480 e. The van der Waals surface area contributed by atoms with Crippen LogP contribution in [-0.4, -0.2) is 57.9 Å². The molecule has 0 aliphatic carbocycles. The number of rotatable bonds is 11. The fourth-order valence-electron chi connectivity index (χ4n) is 6.63. The average molecular weight is 697 g/mol. The molecular weight excluding hydrogens is 652 g/mol. The molecule has 2 amide bonds. The molecule has 1 fully saturated rings. The van der Waals surface area contributed by atoms with Crippen LogP contribution < -0.4 is 10.6 Å². The van der Waals surface area contributed by atoms with E-state index < -0.39 is 29.7 Å². The quantitative estimate of drug-likeness (QED) is 0.120. The number of nitrogens with zero attached hydrogens (tertiary/aromatic N) is 2. The molecule has 1 aliphatic rings. The number of hydrogen-bond donors (Lipinski definition) is 3. The van der Waals surface area contributed by atoms with Crippen LogP contribution in [0.15, 0.2) is 132 Å². The highest BCUT2D eigenvalue weighted by Crippen LogP contribution is 2.29. The zero-order chi connectivity index (χ0) is 36.7. The summed E-state index contributed by atoms with van der Waals surface area (Å²) in [5, 5.41) is 18.7. The van der Waals surface area contributed by atoms with Crippen molar-refractivity contribution in [3.8, 4) is 0 Å². The van der Waals surface area contributed by atoms with Gasteiger partial charge in [-0.05, 0) is 74.2 Å². The number of fused-ring (bicyclic) bond motifs is 1. The number of benzene rings is 5. The molecule has 1 heterocycles. The second-order valence-corrected chi connectivity index (χ2v) is 14.0. The first-order chi connectivity index (χ1) is 25.1. The summed E-state index contributed by atoms with van der Waals surface area (Å²) in [5.74, 6) is -1.38. The molecule has 5 aromatic rings. The number of para-hydroxylation sites is 1. The van der Waals surface area contributed by atoms with Crippen molar-refractivity contribution in [2.75, 3.05) is 11.9 Å². The first kappa shape index (κ1) is 36.0. The number of aliphatic carboxylic acids is 1. The smallest absolute Gasteiger partial charge is 0.408 e. The van der Waals surface area contributed by atoms with Crippen LogP contribution in [0, 0.1) is 0 Å². The van der Waals surface area contributed by atoms with Crippen molar-refractivity contribution in [2.24, 2.45) is 4.99 Å². The molecular formula is C43H44N4O5. The lowest BCUT2D eigenvalue weighted by molar-refractivity contribution is -0.139. The van der Waals surface area contributed by atoms with Gasteiger partial charge in [0.1, 0.15) is 5.60 Å². The van der Waals surface area contributed by atoms with Crippen molar-refractivity contribution >= 4 is 40.1 Å². The van der Waals surface area contributed by atoms with Crippen LogP contribution >= 0.6 is 0 Å². The molecule has 6 rings (SSSR count). The van der Waals surface area contributed by atoms with E-state index in [-0.39, 0.29) is 11.9 Å². The van der Waals surface area contributed by atoms with E-state index in [1.54, 1.807) is 32.9 Å². The number of carbonyl (C=O) groups is 3. The van der Waals surface area contributed by atoms with Crippen molar-refractivity contribution in [1.29, 1.82) is 0 Å². The van der Waals surface area contributed by atoms with Crippen LogP contribution in [0.2, 0.25) is 0 Å². The predicted octanol–water partition coefficient (Wildman–Crippen LogP) is 8.00. The Balaban J connectivity index is 1.40. The number of anilines is 1. The molecule has 0 saturated carbocycles. The highest BCUT2D eigenvalue weighted by molar-refractivity contribution is 6.17. The topological polar surface area (TPSA) is 120 Å². The van der Waals surface area contributed by atoms with Crippen molar-refractivity contribution in [3.63, 3.8) is 0 Å². The van der Waals surface area contributed by atoms with Crippen LogP contribution in [0.25, 0.3) is 10.8 Å². The van der Waals surface area contributed by atoms with Gasteiger partial charge in [-0.2, -0.15) is 0 Å². The minimum Gasteiger partial charge on any atom is -0.480 e. The van der Waals surface area contributed by atoms with Gasteiger partial charge >= 0.3 is 12.1 Å². The summed E-state index contributed by atoms with van der Waals surface area (Å²) in [6, 6.07) is 37.0. The minimum absolute atomic E-state index is 0.135. The Morgan fingerprint density at radius 2 is 1.50 bits per heavy atom. The molecule has 3 N–H and O–H groups in total. The monoisotopic (exact) mass is 696 g/mol. The van der Waals surface area contributed by atoms with Gasteiger partial charge in [0, 0.05) is 17.7 Å². The molecule has 1 aliphatic heterocycles. The van der Waals surface area contributed by atoms with E-state index in [9.17, 15) is 19.5 Å². The maximum absolute atomic E-state index is 13.9. The molecule has 52 heavy (non-hydrogen) atoms. The molecule has 9 nitrogen and oxygen atoms in total. The third kappa shape index (κ3) is 8.91. The van der Waals surface area contributed by atoms with Gasteiger partial charge in [0.05, 0.1) is 23.5 Å². The maximum atomic E-state index is 13.9. The lowest BCUT2D eigenvalue weighted by Crippen LogP contribution is -2.42. The lowest BCUT2D eigenvalue weighted by Gasteiger charge is -2.27. The third-order valence-electron chi connectivity index (χ3n) is 9.02. The lowest BCUT2D eigenvalue weighted by atomic mass is 9.95. The Hall–Kier alpha value is -5.80. The van der Waals surface area contributed by atoms with E-state index in [0.29, 0.717) is 34.6 Å². The minimum atomic E-state index is -1.48. The number of alkyl carbamates (subject to hydrolysis) is 1. The van der Waals surface area contributed by atoms with Crippen LogP contribution in [0.1, 0.15) is 61.9 Å². The summed E-state index contributed by atoms with van der Waals surface area (Å²) in [6.07, 6.45) is 0.869. The molecule has 0 radical (unpaired) electrons. The maximum Gasteiger partial charge on any atom is 0.408 e. The molecule has 1 saturated heterocycles. The molecule has 0 bridgehead atoms.